The number of benzene rings is 1. The van der Waals surface area contributed by atoms with Gasteiger partial charge in [0.15, 0.2) is 0 Å². The molecule has 2 rings (SSSR count). The van der Waals surface area contributed by atoms with E-state index in [1.807, 2.05) is 0 Å². The molecule has 0 heterocycles. The zero-order valence-corrected chi connectivity index (χ0v) is 11.1. The molecule has 2 nitrogen and oxygen atoms in total. The molecule has 1 aliphatic rings. The van der Waals surface area contributed by atoms with Crippen LogP contribution in [0, 0.1) is 11.7 Å². The van der Waals surface area contributed by atoms with Crippen LogP contribution >= 0.6 is 0 Å². The molecule has 1 saturated carbocycles. The molecule has 0 saturated heterocycles. The molecule has 0 aromatic heterocycles. The van der Waals surface area contributed by atoms with Gasteiger partial charge in [0.1, 0.15) is 5.82 Å². The number of rotatable bonds is 6. The molecule has 112 valence electrons. The summed E-state index contributed by atoms with van der Waals surface area (Å²) in [6.07, 6.45) is -3.80. The van der Waals surface area contributed by atoms with Gasteiger partial charge in [0, 0.05) is 13.7 Å². The fourth-order valence-electron chi connectivity index (χ4n) is 2.41. The van der Waals surface area contributed by atoms with Gasteiger partial charge < -0.3 is 10.1 Å². The molecule has 2 unspecified atom stereocenters. The molecule has 0 bridgehead atoms. The summed E-state index contributed by atoms with van der Waals surface area (Å²) in [4.78, 5) is 0. The number of nitrogens with one attached hydrogen (secondary N) is 1. The van der Waals surface area contributed by atoms with Crippen molar-refractivity contribution in [3.63, 3.8) is 0 Å². The minimum absolute atomic E-state index is 0.137. The average molecular weight is 291 g/mol. The highest BCUT2D eigenvalue weighted by Crippen LogP contribution is 2.50. The van der Waals surface area contributed by atoms with Crippen LogP contribution in [0.15, 0.2) is 18.2 Å². The molecule has 0 spiro atoms. The lowest BCUT2D eigenvalue weighted by molar-refractivity contribution is -0.138. The lowest BCUT2D eigenvalue weighted by Crippen LogP contribution is -2.22. The number of alkyl halides is 3. The van der Waals surface area contributed by atoms with Crippen molar-refractivity contribution in [2.75, 3.05) is 26.8 Å². The van der Waals surface area contributed by atoms with Crippen molar-refractivity contribution in [3.05, 3.63) is 35.1 Å². The highest BCUT2D eigenvalue weighted by Gasteiger charge is 2.44. The molecule has 0 radical (unpaired) electrons. The minimum Gasteiger partial charge on any atom is -0.383 e. The van der Waals surface area contributed by atoms with E-state index in [4.69, 9.17) is 4.74 Å². The van der Waals surface area contributed by atoms with Crippen molar-refractivity contribution in [1.82, 2.24) is 5.32 Å². The van der Waals surface area contributed by atoms with Crippen LogP contribution in [-0.2, 0) is 10.9 Å². The fourth-order valence-corrected chi connectivity index (χ4v) is 2.41. The van der Waals surface area contributed by atoms with Crippen molar-refractivity contribution in [2.45, 2.75) is 18.5 Å². The Morgan fingerprint density at radius 3 is 2.75 bits per heavy atom. The summed E-state index contributed by atoms with van der Waals surface area (Å²) >= 11 is 0. The standard InChI is InChI=1S/C14H17F4NO/c1-20-5-4-19-8-9-6-12(9)11-3-2-10(15)7-13(11)14(16,17)18/h2-3,7,9,12,19H,4-6,8H2,1H3. The second-order valence-corrected chi connectivity index (χ2v) is 5.03. The summed E-state index contributed by atoms with van der Waals surface area (Å²) in [7, 11) is 1.59. The zero-order chi connectivity index (χ0) is 14.8. The number of ether oxygens (including phenoxy) is 1. The number of hydrogen-bond donors (Lipinski definition) is 1. The second-order valence-electron chi connectivity index (χ2n) is 5.03. The van der Waals surface area contributed by atoms with Crippen molar-refractivity contribution in [3.8, 4) is 0 Å². The topological polar surface area (TPSA) is 21.3 Å². The Labute approximate surface area is 115 Å². The van der Waals surface area contributed by atoms with Gasteiger partial charge in [-0.15, -0.1) is 0 Å². The molecule has 20 heavy (non-hydrogen) atoms. The van der Waals surface area contributed by atoms with Crippen LogP contribution in [-0.4, -0.2) is 26.8 Å². The van der Waals surface area contributed by atoms with E-state index in [9.17, 15) is 17.6 Å². The highest BCUT2D eigenvalue weighted by molar-refractivity contribution is 5.37. The molecule has 0 amide bonds. The fraction of sp³-hybridized carbons (Fsp3) is 0.571. The molecule has 1 N–H and O–H groups in total. The van der Waals surface area contributed by atoms with E-state index < -0.39 is 17.6 Å². The van der Waals surface area contributed by atoms with Gasteiger partial charge in [0.25, 0.3) is 0 Å². The molecule has 1 aliphatic carbocycles. The van der Waals surface area contributed by atoms with Crippen LogP contribution < -0.4 is 5.32 Å². The van der Waals surface area contributed by atoms with Crippen molar-refractivity contribution in [2.24, 2.45) is 5.92 Å². The van der Waals surface area contributed by atoms with Crippen molar-refractivity contribution < 1.29 is 22.3 Å². The number of methoxy groups -OCH3 is 1. The third-order valence-electron chi connectivity index (χ3n) is 3.53. The summed E-state index contributed by atoms with van der Waals surface area (Å²) in [5.41, 5.74) is -0.640. The maximum atomic E-state index is 13.0. The average Bonchev–Trinajstić information content (AvgIpc) is 3.13. The highest BCUT2D eigenvalue weighted by atomic mass is 19.4. The first-order valence-corrected chi connectivity index (χ1v) is 6.49. The van der Waals surface area contributed by atoms with E-state index in [0.717, 1.165) is 6.07 Å². The third-order valence-corrected chi connectivity index (χ3v) is 3.53. The Kier molecular flexibility index (Phi) is 4.65. The smallest absolute Gasteiger partial charge is 0.383 e. The van der Waals surface area contributed by atoms with Gasteiger partial charge in [0.05, 0.1) is 12.2 Å². The van der Waals surface area contributed by atoms with E-state index in [0.29, 0.717) is 32.2 Å². The van der Waals surface area contributed by atoms with E-state index in [2.05, 4.69) is 5.32 Å². The molecular weight excluding hydrogens is 274 g/mol. The largest absolute Gasteiger partial charge is 0.416 e. The van der Waals surface area contributed by atoms with Gasteiger partial charge in [-0.3, -0.25) is 0 Å². The first kappa shape index (κ1) is 15.3. The van der Waals surface area contributed by atoms with E-state index in [1.54, 1.807) is 7.11 Å². The van der Waals surface area contributed by atoms with Gasteiger partial charge in [-0.2, -0.15) is 13.2 Å². The monoisotopic (exact) mass is 291 g/mol. The first-order chi connectivity index (χ1) is 9.43. The molecule has 1 fully saturated rings. The Morgan fingerprint density at radius 2 is 2.10 bits per heavy atom. The van der Waals surface area contributed by atoms with Crippen molar-refractivity contribution in [1.29, 1.82) is 0 Å². The first-order valence-electron chi connectivity index (χ1n) is 6.49. The summed E-state index contributed by atoms with van der Waals surface area (Å²) in [6, 6.07) is 2.94. The summed E-state index contributed by atoms with van der Waals surface area (Å²) in [5, 5.41) is 3.14. The summed E-state index contributed by atoms with van der Waals surface area (Å²) < 4.78 is 56.6. The quantitative estimate of drug-likeness (QED) is 0.642. The minimum atomic E-state index is -4.51. The van der Waals surface area contributed by atoms with Gasteiger partial charge in [-0.25, -0.2) is 4.39 Å². The third kappa shape index (κ3) is 3.70. The second kappa shape index (κ2) is 6.10. The Hall–Kier alpha value is -1.14. The molecule has 1 aromatic carbocycles. The summed E-state index contributed by atoms with van der Waals surface area (Å²) in [5.74, 6) is -0.808. The van der Waals surface area contributed by atoms with Crippen molar-refractivity contribution >= 4 is 0 Å². The molecular formula is C14H17F4NO. The van der Waals surface area contributed by atoms with E-state index >= 15 is 0 Å². The lowest BCUT2D eigenvalue weighted by Gasteiger charge is -2.13. The lowest BCUT2D eigenvalue weighted by atomic mass is 10.0. The van der Waals surface area contributed by atoms with E-state index in [1.165, 1.54) is 6.07 Å². The van der Waals surface area contributed by atoms with Gasteiger partial charge in [-0.1, -0.05) is 6.07 Å². The predicted octanol–water partition coefficient (Wildman–Crippen LogP) is 3.18. The van der Waals surface area contributed by atoms with Gasteiger partial charge in [-0.05, 0) is 42.5 Å². The van der Waals surface area contributed by atoms with Crippen LogP contribution in [0.4, 0.5) is 17.6 Å². The maximum absolute atomic E-state index is 13.0. The molecule has 1 aromatic rings. The van der Waals surface area contributed by atoms with Crippen LogP contribution in [0.3, 0.4) is 0 Å². The predicted molar refractivity (Wildman–Crippen MR) is 67.0 cm³/mol. The van der Waals surface area contributed by atoms with Crippen LogP contribution in [0.25, 0.3) is 0 Å². The summed E-state index contributed by atoms with van der Waals surface area (Å²) in [6.45, 7) is 1.90. The van der Waals surface area contributed by atoms with Crippen LogP contribution in [0.1, 0.15) is 23.5 Å². The Morgan fingerprint density at radius 1 is 1.35 bits per heavy atom. The normalized spacial score (nSPS) is 22.1. The van der Waals surface area contributed by atoms with Crippen LogP contribution in [0.2, 0.25) is 0 Å². The Balaban J connectivity index is 2.01. The maximum Gasteiger partial charge on any atom is 0.416 e. The van der Waals surface area contributed by atoms with Gasteiger partial charge in [0.2, 0.25) is 0 Å². The van der Waals surface area contributed by atoms with Crippen LogP contribution in [0.5, 0.6) is 0 Å². The molecule has 2 atom stereocenters. The number of halogens is 4. The number of hydrogen-bond acceptors (Lipinski definition) is 2. The Bertz CT molecular complexity index is 461. The molecule has 0 aliphatic heterocycles. The van der Waals surface area contributed by atoms with Gasteiger partial charge >= 0.3 is 6.18 Å². The molecule has 6 heteroatoms. The zero-order valence-electron chi connectivity index (χ0n) is 11.1. The SMILES string of the molecule is COCCNCC1CC1c1ccc(F)cc1C(F)(F)F. The van der Waals surface area contributed by atoms with E-state index in [-0.39, 0.29) is 17.4 Å².